The molecule has 1 aliphatic carbocycles. The number of nitrogens with zero attached hydrogens (tertiary/aromatic N) is 2. The zero-order valence-electron chi connectivity index (χ0n) is 10.6. The lowest BCUT2D eigenvalue weighted by atomic mass is 9.75. The van der Waals surface area contributed by atoms with Gasteiger partial charge in [-0.1, -0.05) is 6.08 Å². The first-order valence-corrected chi connectivity index (χ1v) is 5.72. The minimum Gasteiger partial charge on any atom is -0.479 e. The number of rotatable bonds is 5. The second kappa shape index (κ2) is 5.31. The highest BCUT2D eigenvalue weighted by molar-refractivity contribution is 5.93. The van der Waals surface area contributed by atoms with E-state index < -0.39 is 11.5 Å². The van der Waals surface area contributed by atoms with Gasteiger partial charge in [-0.2, -0.15) is 0 Å². The monoisotopic (exact) mass is 240 g/mol. The summed E-state index contributed by atoms with van der Waals surface area (Å²) in [5.41, 5.74) is -0.973. The molecule has 5 nitrogen and oxygen atoms in total. The predicted octanol–water partition coefficient (Wildman–Crippen LogP) is 0.570. The molecule has 5 heteroatoms. The highest BCUT2D eigenvalue weighted by Gasteiger charge is 2.49. The largest absolute Gasteiger partial charge is 0.479 e. The summed E-state index contributed by atoms with van der Waals surface area (Å²) in [6.07, 6.45) is 5.15. The van der Waals surface area contributed by atoms with E-state index in [1.165, 1.54) is 11.0 Å². The maximum Gasteiger partial charge on any atom is 0.329 e. The van der Waals surface area contributed by atoms with Crippen LogP contribution >= 0.6 is 0 Å². The van der Waals surface area contributed by atoms with Crippen molar-refractivity contribution in [1.82, 2.24) is 9.80 Å². The molecule has 1 rings (SSSR count). The Morgan fingerprint density at radius 3 is 2.24 bits per heavy atom. The van der Waals surface area contributed by atoms with E-state index in [-0.39, 0.29) is 5.91 Å². The summed E-state index contributed by atoms with van der Waals surface area (Å²) < 4.78 is 0. The topological polar surface area (TPSA) is 60.9 Å². The third-order valence-corrected chi connectivity index (χ3v) is 3.28. The van der Waals surface area contributed by atoms with Crippen molar-refractivity contribution in [2.24, 2.45) is 0 Å². The van der Waals surface area contributed by atoms with Crippen molar-refractivity contribution in [2.75, 3.05) is 27.7 Å². The first-order valence-electron chi connectivity index (χ1n) is 5.72. The van der Waals surface area contributed by atoms with Crippen molar-refractivity contribution < 1.29 is 14.7 Å². The lowest BCUT2D eigenvalue weighted by molar-refractivity contribution is -0.162. The highest BCUT2D eigenvalue weighted by atomic mass is 16.4. The molecule has 0 heterocycles. The Labute approximate surface area is 102 Å². The van der Waals surface area contributed by atoms with Gasteiger partial charge in [-0.15, -0.1) is 0 Å². The van der Waals surface area contributed by atoms with Crippen molar-refractivity contribution in [3.8, 4) is 0 Å². The molecule has 96 valence electrons. The lowest BCUT2D eigenvalue weighted by Gasteiger charge is -2.44. The second-order valence-electron chi connectivity index (χ2n) is 4.75. The molecule has 1 amide bonds. The van der Waals surface area contributed by atoms with Crippen LogP contribution < -0.4 is 0 Å². The van der Waals surface area contributed by atoms with E-state index in [4.69, 9.17) is 0 Å². The molecular formula is C12H20N2O3. The van der Waals surface area contributed by atoms with Crippen LogP contribution in [0.15, 0.2) is 12.2 Å². The van der Waals surface area contributed by atoms with Gasteiger partial charge in [0.25, 0.3) is 0 Å². The number of likely N-dealkylation sites (N-methyl/N-ethyl adjacent to an activating group) is 2. The number of aliphatic carboxylic acids is 1. The number of carbonyl (C=O) groups excluding carboxylic acids is 1. The lowest BCUT2D eigenvalue weighted by Crippen LogP contribution is -2.59. The molecule has 0 unspecified atom stereocenters. The Kier molecular flexibility index (Phi) is 4.28. The molecule has 1 fully saturated rings. The van der Waals surface area contributed by atoms with Gasteiger partial charge in [0.05, 0.1) is 0 Å². The molecule has 0 aliphatic heterocycles. The first-order chi connectivity index (χ1) is 7.90. The van der Waals surface area contributed by atoms with Crippen LogP contribution in [-0.4, -0.2) is 60.0 Å². The Hall–Kier alpha value is -1.36. The summed E-state index contributed by atoms with van der Waals surface area (Å²) in [6.45, 7) is 0.666. The standard InChI is InChI=1S/C12H20N2O3/c1-13(2)9-4-6-10(15)14(3)12(11(16)17)7-5-8-12/h4,6H,5,7-9H2,1-3H3,(H,16,17)/b6-4+. The molecule has 0 aromatic carbocycles. The third-order valence-electron chi connectivity index (χ3n) is 3.28. The maximum absolute atomic E-state index is 11.8. The molecule has 17 heavy (non-hydrogen) atoms. The van der Waals surface area contributed by atoms with Gasteiger partial charge < -0.3 is 14.9 Å². The molecular weight excluding hydrogens is 220 g/mol. The molecule has 0 radical (unpaired) electrons. The van der Waals surface area contributed by atoms with Gasteiger partial charge in [-0.3, -0.25) is 4.79 Å². The van der Waals surface area contributed by atoms with Crippen LogP contribution in [0, 0.1) is 0 Å². The van der Waals surface area contributed by atoms with Crippen molar-refractivity contribution in [2.45, 2.75) is 24.8 Å². The molecule has 0 aromatic heterocycles. The highest BCUT2D eigenvalue weighted by Crippen LogP contribution is 2.37. The Morgan fingerprint density at radius 2 is 1.88 bits per heavy atom. The molecule has 0 spiro atoms. The second-order valence-corrected chi connectivity index (χ2v) is 4.75. The smallest absolute Gasteiger partial charge is 0.329 e. The fraction of sp³-hybridized carbons (Fsp3) is 0.667. The molecule has 0 aromatic rings. The minimum atomic E-state index is -0.973. The summed E-state index contributed by atoms with van der Waals surface area (Å²) in [4.78, 5) is 26.3. The summed E-state index contributed by atoms with van der Waals surface area (Å²) in [6, 6.07) is 0. The Morgan fingerprint density at radius 1 is 1.29 bits per heavy atom. The number of carboxylic acids is 1. The van der Waals surface area contributed by atoms with E-state index in [1.54, 1.807) is 13.1 Å². The van der Waals surface area contributed by atoms with Crippen LogP contribution in [0.3, 0.4) is 0 Å². The Bertz CT molecular complexity index is 333. The summed E-state index contributed by atoms with van der Waals surface area (Å²) in [7, 11) is 5.38. The van der Waals surface area contributed by atoms with Gasteiger partial charge in [0.2, 0.25) is 5.91 Å². The van der Waals surface area contributed by atoms with Crippen LogP contribution in [0.2, 0.25) is 0 Å². The first kappa shape index (κ1) is 13.7. The van der Waals surface area contributed by atoms with Gasteiger partial charge in [0.15, 0.2) is 0 Å². The number of hydrogen-bond donors (Lipinski definition) is 1. The molecule has 0 bridgehead atoms. The van der Waals surface area contributed by atoms with Gasteiger partial charge in [-0.05, 0) is 33.4 Å². The van der Waals surface area contributed by atoms with Crippen molar-refractivity contribution in [1.29, 1.82) is 0 Å². The summed E-state index contributed by atoms with van der Waals surface area (Å²) in [5, 5.41) is 9.19. The zero-order valence-corrected chi connectivity index (χ0v) is 10.6. The number of carbonyl (C=O) groups is 2. The average Bonchev–Trinajstić information content (AvgIpc) is 2.14. The van der Waals surface area contributed by atoms with E-state index in [2.05, 4.69) is 0 Å². The Balaban J connectivity index is 2.63. The molecule has 1 saturated carbocycles. The zero-order chi connectivity index (χ0) is 13.1. The normalized spacial score (nSPS) is 18.1. The molecule has 1 aliphatic rings. The molecule has 0 atom stereocenters. The maximum atomic E-state index is 11.8. The van der Waals surface area contributed by atoms with E-state index >= 15 is 0 Å². The van der Waals surface area contributed by atoms with Gasteiger partial charge >= 0.3 is 5.97 Å². The van der Waals surface area contributed by atoms with Gasteiger partial charge in [0, 0.05) is 19.7 Å². The fourth-order valence-corrected chi connectivity index (χ4v) is 1.89. The van der Waals surface area contributed by atoms with Crippen LogP contribution in [0.25, 0.3) is 0 Å². The van der Waals surface area contributed by atoms with Crippen LogP contribution in [0.5, 0.6) is 0 Å². The van der Waals surface area contributed by atoms with E-state index in [9.17, 15) is 14.7 Å². The molecule has 1 N–H and O–H groups in total. The van der Waals surface area contributed by atoms with Gasteiger partial charge in [0.1, 0.15) is 5.54 Å². The fourth-order valence-electron chi connectivity index (χ4n) is 1.89. The quantitative estimate of drug-likeness (QED) is 0.714. The van der Waals surface area contributed by atoms with E-state index in [0.29, 0.717) is 19.4 Å². The summed E-state index contributed by atoms with van der Waals surface area (Å²) >= 11 is 0. The van der Waals surface area contributed by atoms with Gasteiger partial charge in [-0.25, -0.2) is 4.79 Å². The van der Waals surface area contributed by atoms with Crippen molar-refractivity contribution in [3.05, 3.63) is 12.2 Å². The third kappa shape index (κ3) is 2.85. The predicted molar refractivity (Wildman–Crippen MR) is 64.7 cm³/mol. The van der Waals surface area contributed by atoms with Crippen molar-refractivity contribution >= 4 is 11.9 Å². The minimum absolute atomic E-state index is 0.242. The number of hydrogen-bond acceptors (Lipinski definition) is 3. The van der Waals surface area contributed by atoms with Crippen LogP contribution in [0.1, 0.15) is 19.3 Å². The average molecular weight is 240 g/mol. The number of amides is 1. The van der Waals surface area contributed by atoms with E-state index in [1.807, 2.05) is 19.0 Å². The van der Waals surface area contributed by atoms with Crippen LogP contribution in [0.4, 0.5) is 0 Å². The molecule has 0 saturated heterocycles. The SMILES string of the molecule is CN(C)C/C=C/C(=O)N(C)C1(C(=O)O)CCC1. The number of carboxylic acid groups (broad SMARTS) is 1. The van der Waals surface area contributed by atoms with Crippen molar-refractivity contribution in [3.63, 3.8) is 0 Å². The summed E-state index contributed by atoms with van der Waals surface area (Å²) in [5.74, 6) is -1.14. The van der Waals surface area contributed by atoms with E-state index in [0.717, 1.165) is 6.42 Å². The van der Waals surface area contributed by atoms with Crippen LogP contribution in [-0.2, 0) is 9.59 Å².